The Morgan fingerprint density at radius 2 is 1.45 bits per heavy atom. The summed E-state index contributed by atoms with van der Waals surface area (Å²) in [4.78, 5) is 2.62. The standard InChI is InChI=1S/C20H26N2/c1-16(21)19-14-8-9-15-22(19)20(17-10-4-2-5-11-17)18-12-6-3-7-13-18/h2-7,10-13,16,19-20H,8-9,14-15,21H2,1H3. The average Bonchev–Trinajstić information content (AvgIpc) is 2.57. The van der Waals surface area contributed by atoms with Crippen molar-refractivity contribution in [3.63, 3.8) is 0 Å². The van der Waals surface area contributed by atoms with Crippen molar-refractivity contribution in [3.8, 4) is 0 Å². The molecule has 2 unspecified atom stereocenters. The minimum absolute atomic E-state index is 0.204. The fraction of sp³-hybridized carbons (Fsp3) is 0.400. The third kappa shape index (κ3) is 3.23. The third-order valence-electron chi connectivity index (χ3n) is 4.76. The fourth-order valence-corrected chi connectivity index (χ4v) is 3.71. The molecule has 2 nitrogen and oxygen atoms in total. The highest BCUT2D eigenvalue weighted by atomic mass is 15.2. The molecule has 0 bridgehead atoms. The van der Waals surface area contributed by atoms with Crippen LogP contribution in [0, 0.1) is 0 Å². The van der Waals surface area contributed by atoms with Crippen molar-refractivity contribution in [1.82, 2.24) is 4.90 Å². The lowest BCUT2D eigenvalue weighted by atomic mass is 9.89. The van der Waals surface area contributed by atoms with Crippen molar-refractivity contribution in [3.05, 3.63) is 71.8 Å². The SMILES string of the molecule is CC(N)C1CCCCN1C(c1ccccc1)c1ccccc1. The summed E-state index contributed by atoms with van der Waals surface area (Å²) in [6, 6.07) is 22.6. The maximum atomic E-state index is 6.31. The molecule has 1 heterocycles. The van der Waals surface area contributed by atoms with Gasteiger partial charge in [0.05, 0.1) is 6.04 Å². The Balaban J connectivity index is 2.01. The molecule has 1 aliphatic heterocycles. The van der Waals surface area contributed by atoms with Crippen molar-refractivity contribution >= 4 is 0 Å². The Bertz CT molecular complexity index is 525. The van der Waals surface area contributed by atoms with Gasteiger partial charge < -0.3 is 5.73 Å². The number of piperidine rings is 1. The molecule has 2 atom stereocenters. The van der Waals surface area contributed by atoms with Crippen LogP contribution in [0.4, 0.5) is 0 Å². The van der Waals surface area contributed by atoms with Crippen molar-refractivity contribution in [1.29, 1.82) is 0 Å². The first-order valence-electron chi connectivity index (χ1n) is 8.38. The predicted octanol–water partition coefficient (Wildman–Crippen LogP) is 3.98. The van der Waals surface area contributed by atoms with Crippen molar-refractivity contribution in [2.24, 2.45) is 5.73 Å². The van der Waals surface area contributed by atoms with Crippen LogP contribution in [-0.4, -0.2) is 23.5 Å². The summed E-state index contributed by atoms with van der Waals surface area (Å²) in [6.45, 7) is 3.27. The van der Waals surface area contributed by atoms with E-state index in [0.717, 1.165) is 6.54 Å². The molecule has 22 heavy (non-hydrogen) atoms. The molecule has 2 aromatic rings. The molecule has 1 saturated heterocycles. The first-order chi connectivity index (χ1) is 10.8. The highest BCUT2D eigenvalue weighted by molar-refractivity contribution is 5.32. The van der Waals surface area contributed by atoms with Crippen LogP contribution in [0.15, 0.2) is 60.7 Å². The monoisotopic (exact) mass is 294 g/mol. The van der Waals surface area contributed by atoms with Gasteiger partial charge in [0.25, 0.3) is 0 Å². The van der Waals surface area contributed by atoms with Gasteiger partial charge in [-0.15, -0.1) is 0 Å². The molecule has 0 aromatic heterocycles. The second-order valence-corrected chi connectivity index (χ2v) is 6.38. The van der Waals surface area contributed by atoms with Gasteiger partial charge in [-0.25, -0.2) is 0 Å². The first-order valence-corrected chi connectivity index (χ1v) is 8.38. The number of nitrogens with two attached hydrogens (primary N) is 1. The lowest BCUT2D eigenvalue weighted by molar-refractivity contribution is 0.0982. The van der Waals surface area contributed by atoms with E-state index in [0.29, 0.717) is 12.1 Å². The Hall–Kier alpha value is -1.64. The number of hydrogen-bond acceptors (Lipinski definition) is 2. The normalized spacial score (nSPS) is 21.0. The molecular weight excluding hydrogens is 268 g/mol. The van der Waals surface area contributed by atoms with Crippen LogP contribution >= 0.6 is 0 Å². The first kappa shape index (κ1) is 15.3. The minimum Gasteiger partial charge on any atom is -0.327 e. The third-order valence-corrected chi connectivity index (χ3v) is 4.76. The molecule has 1 aliphatic rings. The quantitative estimate of drug-likeness (QED) is 0.924. The number of hydrogen-bond donors (Lipinski definition) is 1. The van der Waals surface area contributed by atoms with Crippen LogP contribution in [0.2, 0.25) is 0 Å². The highest BCUT2D eigenvalue weighted by Crippen LogP contribution is 2.34. The van der Waals surface area contributed by atoms with Crippen LogP contribution in [0.3, 0.4) is 0 Å². The molecule has 0 radical (unpaired) electrons. The van der Waals surface area contributed by atoms with Crippen molar-refractivity contribution < 1.29 is 0 Å². The second kappa shape index (κ2) is 7.08. The molecule has 0 aliphatic carbocycles. The topological polar surface area (TPSA) is 29.3 Å². The van der Waals surface area contributed by atoms with Gasteiger partial charge in [-0.1, -0.05) is 67.1 Å². The summed E-state index contributed by atoms with van der Waals surface area (Å²) in [6.07, 6.45) is 3.76. The molecule has 0 saturated carbocycles. The van der Waals surface area contributed by atoms with Crippen LogP contribution in [-0.2, 0) is 0 Å². The summed E-state index contributed by atoms with van der Waals surface area (Å²) in [5, 5.41) is 0. The smallest absolute Gasteiger partial charge is 0.0604 e. The zero-order chi connectivity index (χ0) is 15.4. The predicted molar refractivity (Wildman–Crippen MR) is 92.7 cm³/mol. The van der Waals surface area contributed by atoms with Crippen LogP contribution < -0.4 is 5.73 Å². The summed E-state index contributed by atoms with van der Waals surface area (Å²) in [5.74, 6) is 0. The minimum atomic E-state index is 0.204. The fourth-order valence-electron chi connectivity index (χ4n) is 3.71. The van der Waals surface area contributed by atoms with E-state index in [-0.39, 0.29) is 6.04 Å². The largest absolute Gasteiger partial charge is 0.327 e. The van der Waals surface area contributed by atoms with E-state index >= 15 is 0 Å². The summed E-state index contributed by atoms with van der Waals surface area (Å²) >= 11 is 0. The van der Waals surface area contributed by atoms with Gasteiger partial charge in [-0.2, -0.15) is 0 Å². The molecule has 1 fully saturated rings. The van der Waals surface area contributed by atoms with Gasteiger partial charge in [0.2, 0.25) is 0 Å². The van der Waals surface area contributed by atoms with Gasteiger partial charge in [0.1, 0.15) is 0 Å². The molecule has 0 spiro atoms. The van der Waals surface area contributed by atoms with Gasteiger partial charge in [-0.05, 0) is 37.4 Å². The van der Waals surface area contributed by atoms with Gasteiger partial charge in [-0.3, -0.25) is 4.90 Å². The summed E-state index contributed by atoms with van der Waals surface area (Å²) < 4.78 is 0. The Kier molecular flexibility index (Phi) is 4.91. The van der Waals surface area contributed by atoms with E-state index in [1.165, 1.54) is 30.4 Å². The number of benzene rings is 2. The summed E-state index contributed by atoms with van der Waals surface area (Å²) in [5.41, 5.74) is 9.03. The van der Waals surface area contributed by atoms with Gasteiger partial charge >= 0.3 is 0 Å². The molecule has 2 aromatic carbocycles. The maximum absolute atomic E-state index is 6.31. The highest BCUT2D eigenvalue weighted by Gasteiger charge is 2.32. The van der Waals surface area contributed by atoms with Gasteiger partial charge in [0, 0.05) is 12.1 Å². The lowest BCUT2D eigenvalue weighted by Gasteiger charge is -2.43. The number of rotatable bonds is 4. The molecule has 3 rings (SSSR count). The van der Waals surface area contributed by atoms with Crippen LogP contribution in [0.25, 0.3) is 0 Å². The van der Waals surface area contributed by atoms with Crippen LogP contribution in [0.1, 0.15) is 43.4 Å². The van der Waals surface area contributed by atoms with E-state index in [1.807, 2.05) is 0 Å². The van der Waals surface area contributed by atoms with E-state index in [2.05, 4.69) is 72.5 Å². The zero-order valence-electron chi connectivity index (χ0n) is 13.4. The van der Waals surface area contributed by atoms with E-state index in [4.69, 9.17) is 5.73 Å². The molecule has 2 N–H and O–H groups in total. The number of nitrogens with zero attached hydrogens (tertiary/aromatic N) is 1. The Morgan fingerprint density at radius 3 is 1.95 bits per heavy atom. The van der Waals surface area contributed by atoms with Crippen molar-refractivity contribution in [2.45, 2.75) is 44.3 Å². The van der Waals surface area contributed by atoms with Gasteiger partial charge in [0.15, 0.2) is 0 Å². The molecule has 116 valence electrons. The number of likely N-dealkylation sites (tertiary alicyclic amines) is 1. The van der Waals surface area contributed by atoms with E-state index in [9.17, 15) is 0 Å². The van der Waals surface area contributed by atoms with E-state index < -0.39 is 0 Å². The zero-order valence-corrected chi connectivity index (χ0v) is 13.4. The van der Waals surface area contributed by atoms with Crippen molar-refractivity contribution in [2.75, 3.05) is 6.54 Å². The molecule has 0 amide bonds. The Morgan fingerprint density at radius 1 is 0.909 bits per heavy atom. The Labute approximate surface area is 134 Å². The maximum Gasteiger partial charge on any atom is 0.0604 e. The molecule has 2 heteroatoms. The summed E-state index contributed by atoms with van der Waals surface area (Å²) in [7, 11) is 0. The lowest BCUT2D eigenvalue weighted by Crippen LogP contribution is -2.50. The molecular formula is C20H26N2. The van der Waals surface area contributed by atoms with Crippen LogP contribution in [0.5, 0.6) is 0 Å². The average molecular weight is 294 g/mol. The van der Waals surface area contributed by atoms with E-state index in [1.54, 1.807) is 0 Å². The second-order valence-electron chi connectivity index (χ2n) is 6.38.